The summed E-state index contributed by atoms with van der Waals surface area (Å²) in [6.07, 6.45) is 6.21. The lowest BCUT2D eigenvalue weighted by atomic mass is 10.1. The molecule has 110 valence electrons. The number of aliphatic carboxylic acids is 1. The first-order valence-corrected chi connectivity index (χ1v) is 6.22. The van der Waals surface area contributed by atoms with Crippen molar-refractivity contribution in [1.82, 2.24) is 20.3 Å². The van der Waals surface area contributed by atoms with E-state index < -0.39 is 18.0 Å². The Morgan fingerprint density at radius 3 is 2.81 bits per heavy atom. The number of imidazole rings is 1. The number of nitrogens with one attached hydrogen (secondary N) is 2. The summed E-state index contributed by atoms with van der Waals surface area (Å²) in [7, 11) is 1.54. The summed E-state index contributed by atoms with van der Waals surface area (Å²) in [5.41, 5.74) is 1.20. The SMILES string of the molecule is CN(C(=O)NC(Cc1cnc[nH]1)C(=O)O)c1cccnc1. The van der Waals surface area contributed by atoms with Gasteiger partial charge in [-0.1, -0.05) is 0 Å². The van der Waals surface area contributed by atoms with Crippen LogP contribution in [0.3, 0.4) is 0 Å². The number of rotatable bonds is 5. The fraction of sp³-hybridized carbons (Fsp3) is 0.231. The highest BCUT2D eigenvalue weighted by atomic mass is 16.4. The molecule has 0 bridgehead atoms. The lowest BCUT2D eigenvalue weighted by Gasteiger charge is -2.20. The summed E-state index contributed by atoms with van der Waals surface area (Å²) in [4.78, 5) is 35.2. The van der Waals surface area contributed by atoms with Crippen LogP contribution in [0.25, 0.3) is 0 Å². The van der Waals surface area contributed by atoms with Crippen molar-refractivity contribution in [3.63, 3.8) is 0 Å². The van der Waals surface area contributed by atoms with E-state index in [1.54, 1.807) is 25.4 Å². The third-order valence-corrected chi connectivity index (χ3v) is 2.91. The first-order chi connectivity index (χ1) is 10.1. The van der Waals surface area contributed by atoms with Gasteiger partial charge in [0.1, 0.15) is 6.04 Å². The number of carbonyl (C=O) groups excluding carboxylic acids is 1. The van der Waals surface area contributed by atoms with Gasteiger partial charge in [0.25, 0.3) is 0 Å². The molecule has 0 aliphatic carbocycles. The van der Waals surface area contributed by atoms with Crippen molar-refractivity contribution >= 4 is 17.7 Å². The van der Waals surface area contributed by atoms with Crippen molar-refractivity contribution < 1.29 is 14.7 Å². The highest BCUT2D eigenvalue weighted by Gasteiger charge is 2.23. The molecule has 2 aromatic heterocycles. The van der Waals surface area contributed by atoms with Gasteiger partial charge in [-0.2, -0.15) is 0 Å². The Morgan fingerprint density at radius 1 is 1.43 bits per heavy atom. The number of pyridine rings is 1. The lowest BCUT2D eigenvalue weighted by Crippen LogP contribution is -2.48. The van der Waals surface area contributed by atoms with E-state index in [-0.39, 0.29) is 6.42 Å². The fourth-order valence-electron chi connectivity index (χ4n) is 1.73. The van der Waals surface area contributed by atoms with Crippen LogP contribution in [0.2, 0.25) is 0 Å². The Labute approximate surface area is 120 Å². The number of amides is 2. The van der Waals surface area contributed by atoms with E-state index >= 15 is 0 Å². The predicted octanol–water partition coefficient (Wildman–Crippen LogP) is 0.646. The molecule has 0 saturated carbocycles. The molecule has 0 aliphatic rings. The summed E-state index contributed by atoms with van der Waals surface area (Å²) in [5.74, 6) is -1.11. The van der Waals surface area contributed by atoms with E-state index in [0.717, 1.165) is 0 Å². The number of anilines is 1. The summed E-state index contributed by atoms with van der Waals surface area (Å²) in [6, 6.07) is 1.84. The number of aromatic nitrogens is 3. The Balaban J connectivity index is 2.03. The third kappa shape index (κ3) is 3.78. The van der Waals surface area contributed by atoms with Crippen molar-refractivity contribution in [3.05, 3.63) is 42.7 Å². The number of carbonyl (C=O) groups is 2. The molecule has 0 aliphatic heterocycles. The summed E-state index contributed by atoms with van der Waals surface area (Å²) >= 11 is 0. The van der Waals surface area contributed by atoms with E-state index in [9.17, 15) is 14.7 Å². The van der Waals surface area contributed by atoms with E-state index in [0.29, 0.717) is 11.4 Å². The number of carboxylic acid groups (broad SMARTS) is 1. The van der Waals surface area contributed by atoms with Crippen LogP contribution in [0.1, 0.15) is 5.69 Å². The second-order valence-corrected chi connectivity index (χ2v) is 4.39. The standard InChI is InChI=1S/C13H15N5O3/c1-18(10-3-2-4-14-7-10)13(21)17-11(12(19)20)5-9-6-15-8-16-9/h2-4,6-8,11H,5H2,1H3,(H,15,16)(H,17,21)(H,19,20). The average Bonchev–Trinajstić information content (AvgIpc) is 2.99. The molecule has 0 saturated heterocycles. The molecule has 0 fully saturated rings. The fourth-order valence-corrected chi connectivity index (χ4v) is 1.73. The quantitative estimate of drug-likeness (QED) is 0.748. The monoisotopic (exact) mass is 289 g/mol. The number of urea groups is 1. The number of H-pyrrole nitrogens is 1. The normalized spacial score (nSPS) is 11.7. The van der Waals surface area contributed by atoms with Gasteiger partial charge in [0.2, 0.25) is 0 Å². The van der Waals surface area contributed by atoms with Gasteiger partial charge in [-0.25, -0.2) is 14.6 Å². The van der Waals surface area contributed by atoms with Crippen LogP contribution in [-0.2, 0) is 11.2 Å². The van der Waals surface area contributed by atoms with Gasteiger partial charge in [0.05, 0.1) is 18.2 Å². The second-order valence-electron chi connectivity index (χ2n) is 4.39. The maximum Gasteiger partial charge on any atom is 0.326 e. The van der Waals surface area contributed by atoms with Gasteiger partial charge in [0.15, 0.2) is 0 Å². The topological polar surface area (TPSA) is 111 Å². The van der Waals surface area contributed by atoms with E-state index in [4.69, 9.17) is 0 Å². The molecular weight excluding hydrogens is 274 g/mol. The molecule has 1 unspecified atom stereocenters. The molecule has 1 atom stereocenters. The maximum atomic E-state index is 12.1. The number of hydrogen-bond acceptors (Lipinski definition) is 4. The second kappa shape index (κ2) is 6.51. The molecular formula is C13H15N5O3. The zero-order valence-corrected chi connectivity index (χ0v) is 11.4. The Hall–Kier alpha value is -2.90. The first kappa shape index (κ1) is 14.5. The van der Waals surface area contributed by atoms with Crippen molar-refractivity contribution in [2.24, 2.45) is 0 Å². The maximum absolute atomic E-state index is 12.1. The van der Waals surface area contributed by atoms with Gasteiger partial charge in [0, 0.05) is 31.6 Å². The zero-order valence-electron chi connectivity index (χ0n) is 11.4. The largest absolute Gasteiger partial charge is 0.480 e. The number of nitrogens with zero attached hydrogens (tertiary/aromatic N) is 3. The van der Waals surface area contributed by atoms with E-state index in [1.807, 2.05) is 0 Å². The first-order valence-electron chi connectivity index (χ1n) is 6.22. The molecule has 0 aromatic carbocycles. The Kier molecular flexibility index (Phi) is 4.50. The minimum absolute atomic E-state index is 0.127. The number of hydrogen-bond donors (Lipinski definition) is 3. The van der Waals surface area contributed by atoms with E-state index in [2.05, 4.69) is 20.3 Å². The smallest absolute Gasteiger partial charge is 0.326 e. The van der Waals surface area contributed by atoms with Crippen molar-refractivity contribution in [3.8, 4) is 0 Å². The van der Waals surface area contributed by atoms with Gasteiger partial charge >= 0.3 is 12.0 Å². The predicted molar refractivity (Wildman–Crippen MR) is 74.9 cm³/mol. The van der Waals surface area contributed by atoms with Crippen LogP contribution in [0, 0.1) is 0 Å². The van der Waals surface area contributed by atoms with E-state index in [1.165, 1.54) is 23.6 Å². The van der Waals surface area contributed by atoms with Crippen LogP contribution in [0.4, 0.5) is 10.5 Å². The summed E-state index contributed by atoms with van der Waals surface area (Å²) in [6.45, 7) is 0. The Morgan fingerprint density at radius 2 is 2.24 bits per heavy atom. The van der Waals surface area contributed by atoms with Gasteiger partial charge in [-0.05, 0) is 12.1 Å². The third-order valence-electron chi connectivity index (χ3n) is 2.91. The molecule has 3 N–H and O–H groups in total. The highest BCUT2D eigenvalue weighted by molar-refractivity contribution is 5.93. The molecule has 2 amide bonds. The van der Waals surface area contributed by atoms with Crippen molar-refractivity contribution in [2.75, 3.05) is 11.9 Å². The molecule has 2 rings (SSSR count). The Bertz CT molecular complexity index is 600. The van der Waals surface area contributed by atoms with Crippen molar-refractivity contribution in [1.29, 1.82) is 0 Å². The average molecular weight is 289 g/mol. The van der Waals surface area contributed by atoms with Crippen LogP contribution < -0.4 is 10.2 Å². The molecule has 2 aromatic rings. The van der Waals surface area contributed by atoms with Crippen LogP contribution >= 0.6 is 0 Å². The summed E-state index contributed by atoms with van der Waals surface area (Å²) in [5, 5.41) is 11.7. The minimum Gasteiger partial charge on any atom is -0.480 e. The number of aromatic amines is 1. The lowest BCUT2D eigenvalue weighted by molar-refractivity contribution is -0.139. The molecule has 0 radical (unpaired) electrons. The highest BCUT2D eigenvalue weighted by Crippen LogP contribution is 2.09. The molecule has 21 heavy (non-hydrogen) atoms. The van der Waals surface area contributed by atoms with Crippen molar-refractivity contribution in [2.45, 2.75) is 12.5 Å². The van der Waals surface area contributed by atoms with Gasteiger partial charge < -0.3 is 15.4 Å². The van der Waals surface area contributed by atoms with Crippen LogP contribution in [0.5, 0.6) is 0 Å². The summed E-state index contributed by atoms with van der Waals surface area (Å²) < 4.78 is 0. The molecule has 0 spiro atoms. The zero-order chi connectivity index (χ0) is 15.2. The van der Waals surface area contributed by atoms with Crippen LogP contribution in [-0.4, -0.2) is 45.1 Å². The molecule has 8 nitrogen and oxygen atoms in total. The van der Waals surface area contributed by atoms with Gasteiger partial charge in [-0.15, -0.1) is 0 Å². The number of carboxylic acids is 1. The molecule has 8 heteroatoms. The minimum atomic E-state index is -1.11. The molecule has 2 heterocycles. The van der Waals surface area contributed by atoms with Crippen LogP contribution in [0.15, 0.2) is 37.1 Å². The van der Waals surface area contributed by atoms with Gasteiger partial charge in [-0.3, -0.25) is 9.88 Å².